The maximum Gasteiger partial charge on any atom is 0.244 e. The molecule has 0 heterocycles. The predicted octanol–water partition coefficient (Wildman–Crippen LogP) is 3.01. The zero-order chi connectivity index (χ0) is 19.8. The van der Waals surface area contributed by atoms with Crippen molar-refractivity contribution in [3.05, 3.63) is 71.6 Å². The van der Waals surface area contributed by atoms with E-state index < -0.39 is 6.04 Å². The normalized spacial score (nSPS) is 11.9. The lowest BCUT2D eigenvalue weighted by Gasteiger charge is -2.22. The number of carbonyl (C=O) groups is 2. The standard InChI is InChI=1S/C21H23FN2O3/c1-15(21(26)24(2)14-17-4-9-18(22)10-5-17)23-20(25)13-8-16-6-11-19(27-3)12-7-16/h4-13,15H,14H2,1-3H3,(H,23,25). The fourth-order valence-corrected chi connectivity index (χ4v) is 2.48. The number of nitrogens with one attached hydrogen (secondary N) is 1. The minimum absolute atomic E-state index is 0.231. The van der Waals surface area contributed by atoms with E-state index in [1.54, 1.807) is 51.4 Å². The molecule has 1 atom stereocenters. The average Bonchev–Trinajstić information content (AvgIpc) is 2.67. The van der Waals surface area contributed by atoms with Crippen molar-refractivity contribution in [1.29, 1.82) is 0 Å². The first-order valence-corrected chi connectivity index (χ1v) is 8.51. The topological polar surface area (TPSA) is 58.6 Å². The summed E-state index contributed by atoms with van der Waals surface area (Å²) in [6, 6.07) is 12.5. The molecule has 142 valence electrons. The Morgan fingerprint density at radius 3 is 2.37 bits per heavy atom. The molecule has 2 rings (SSSR count). The number of ether oxygens (including phenoxy) is 1. The Kier molecular flexibility index (Phi) is 7.11. The van der Waals surface area contributed by atoms with Crippen LogP contribution in [0.1, 0.15) is 18.1 Å². The number of hydrogen-bond acceptors (Lipinski definition) is 3. The zero-order valence-corrected chi connectivity index (χ0v) is 15.6. The quantitative estimate of drug-likeness (QED) is 0.763. The van der Waals surface area contributed by atoms with Crippen molar-refractivity contribution in [2.45, 2.75) is 19.5 Å². The Balaban J connectivity index is 1.87. The highest BCUT2D eigenvalue weighted by Gasteiger charge is 2.18. The molecule has 2 amide bonds. The number of halogens is 1. The number of hydrogen-bond donors (Lipinski definition) is 1. The largest absolute Gasteiger partial charge is 0.497 e. The molecule has 0 aliphatic carbocycles. The molecule has 0 aliphatic rings. The van der Waals surface area contributed by atoms with E-state index in [0.29, 0.717) is 6.54 Å². The van der Waals surface area contributed by atoms with Crippen LogP contribution >= 0.6 is 0 Å². The number of carbonyl (C=O) groups excluding carboxylic acids is 2. The summed E-state index contributed by atoms with van der Waals surface area (Å²) in [5, 5.41) is 2.65. The highest BCUT2D eigenvalue weighted by Crippen LogP contribution is 2.12. The molecule has 2 aromatic carbocycles. The van der Waals surface area contributed by atoms with Crippen molar-refractivity contribution in [3.63, 3.8) is 0 Å². The van der Waals surface area contributed by atoms with Crippen molar-refractivity contribution < 1.29 is 18.7 Å². The number of nitrogens with zero attached hydrogens (tertiary/aromatic N) is 1. The van der Waals surface area contributed by atoms with Crippen LogP contribution in [0, 0.1) is 5.82 Å². The number of methoxy groups -OCH3 is 1. The Labute approximate surface area is 158 Å². The third-order valence-electron chi connectivity index (χ3n) is 3.98. The maximum atomic E-state index is 12.9. The van der Waals surface area contributed by atoms with Gasteiger partial charge in [0.25, 0.3) is 0 Å². The fraction of sp³-hybridized carbons (Fsp3) is 0.238. The number of amides is 2. The Morgan fingerprint density at radius 1 is 1.15 bits per heavy atom. The first-order chi connectivity index (χ1) is 12.9. The second-order valence-electron chi connectivity index (χ2n) is 6.16. The summed E-state index contributed by atoms with van der Waals surface area (Å²) in [5.74, 6) is -0.176. The molecule has 1 N–H and O–H groups in total. The summed E-state index contributed by atoms with van der Waals surface area (Å²) >= 11 is 0. The molecule has 0 radical (unpaired) electrons. The summed E-state index contributed by atoms with van der Waals surface area (Å²) in [7, 11) is 3.23. The minimum atomic E-state index is -0.677. The van der Waals surface area contributed by atoms with E-state index in [1.165, 1.54) is 23.1 Å². The average molecular weight is 370 g/mol. The van der Waals surface area contributed by atoms with Gasteiger partial charge in [-0.25, -0.2) is 4.39 Å². The van der Waals surface area contributed by atoms with Crippen LogP contribution in [-0.4, -0.2) is 36.9 Å². The smallest absolute Gasteiger partial charge is 0.244 e. The van der Waals surface area contributed by atoms with Crippen molar-refractivity contribution in [2.24, 2.45) is 0 Å². The van der Waals surface area contributed by atoms with Gasteiger partial charge in [0.2, 0.25) is 11.8 Å². The first-order valence-electron chi connectivity index (χ1n) is 8.51. The van der Waals surface area contributed by atoms with Gasteiger partial charge in [-0.1, -0.05) is 24.3 Å². The lowest BCUT2D eigenvalue weighted by Crippen LogP contribution is -2.44. The summed E-state index contributed by atoms with van der Waals surface area (Å²) in [5.41, 5.74) is 1.66. The molecule has 0 aromatic heterocycles. The molecule has 27 heavy (non-hydrogen) atoms. The van der Waals surface area contributed by atoms with Gasteiger partial charge in [-0.15, -0.1) is 0 Å². The van der Waals surface area contributed by atoms with Gasteiger partial charge < -0.3 is 15.0 Å². The zero-order valence-electron chi connectivity index (χ0n) is 15.6. The molecular weight excluding hydrogens is 347 g/mol. The van der Waals surface area contributed by atoms with Gasteiger partial charge in [-0.2, -0.15) is 0 Å². The first kappa shape index (κ1) is 20.2. The van der Waals surface area contributed by atoms with Crippen LogP contribution in [0.15, 0.2) is 54.6 Å². The SMILES string of the molecule is COc1ccc(C=CC(=O)NC(C)C(=O)N(C)Cc2ccc(F)cc2)cc1. The third kappa shape index (κ3) is 6.26. The molecule has 1 unspecified atom stereocenters. The van der Waals surface area contributed by atoms with Gasteiger partial charge in [0, 0.05) is 19.7 Å². The van der Waals surface area contributed by atoms with Crippen LogP contribution in [0.2, 0.25) is 0 Å². The lowest BCUT2D eigenvalue weighted by atomic mass is 10.2. The van der Waals surface area contributed by atoms with Crippen LogP contribution in [0.25, 0.3) is 6.08 Å². The number of rotatable bonds is 7. The van der Waals surface area contributed by atoms with E-state index in [1.807, 2.05) is 12.1 Å². The van der Waals surface area contributed by atoms with E-state index in [0.717, 1.165) is 16.9 Å². The molecular formula is C21H23FN2O3. The molecule has 0 saturated heterocycles. The van der Waals surface area contributed by atoms with Crippen molar-refractivity contribution in [2.75, 3.05) is 14.2 Å². The molecule has 0 saturated carbocycles. The van der Waals surface area contributed by atoms with Crippen molar-refractivity contribution >= 4 is 17.9 Å². The second kappa shape index (κ2) is 9.52. The highest BCUT2D eigenvalue weighted by molar-refractivity contribution is 5.95. The molecule has 2 aromatic rings. The molecule has 0 bridgehead atoms. The monoisotopic (exact) mass is 370 g/mol. The summed E-state index contributed by atoms with van der Waals surface area (Å²) < 4.78 is 18.0. The van der Waals surface area contributed by atoms with E-state index in [9.17, 15) is 14.0 Å². The fourth-order valence-electron chi connectivity index (χ4n) is 2.48. The Hall–Kier alpha value is -3.15. The van der Waals surface area contributed by atoms with Gasteiger partial charge in [-0.3, -0.25) is 9.59 Å². The molecule has 5 nitrogen and oxygen atoms in total. The number of likely N-dealkylation sites (N-methyl/N-ethyl adjacent to an activating group) is 1. The van der Waals surface area contributed by atoms with Crippen molar-refractivity contribution in [3.8, 4) is 5.75 Å². The predicted molar refractivity (Wildman–Crippen MR) is 103 cm³/mol. The van der Waals surface area contributed by atoms with Gasteiger partial charge in [0.05, 0.1) is 7.11 Å². The van der Waals surface area contributed by atoms with Crippen molar-refractivity contribution in [1.82, 2.24) is 10.2 Å². The summed E-state index contributed by atoms with van der Waals surface area (Å²) in [6.07, 6.45) is 3.04. The summed E-state index contributed by atoms with van der Waals surface area (Å²) in [6.45, 7) is 1.96. The second-order valence-corrected chi connectivity index (χ2v) is 6.16. The van der Waals surface area contributed by atoms with Crippen LogP contribution < -0.4 is 10.1 Å². The van der Waals surface area contributed by atoms with Gasteiger partial charge in [0.1, 0.15) is 17.6 Å². The van der Waals surface area contributed by atoms with Crippen LogP contribution in [0.5, 0.6) is 5.75 Å². The molecule has 0 aliphatic heterocycles. The van der Waals surface area contributed by atoms with Crippen LogP contribution in [0.4, 0.5) is 4.39 Å². The van der Waals surface area contributed by atoms with E-state index in [2.05, 4.69) is 5.32 Å². The highest BCUT2D eigenvalue weighted by atomic mass is 19.1. The van der Waals surface area contributed by atoms with Gasteiger partial charge in [-0.05, 0) is 48.4 Å². The molecule has 0 spiro atoms. The van der Waals surface area contributed by atoms with E-state index in [-0.39, 0.29) is 17.6 Å². The molecule has 0 fully saturated rings. The van der Waals surface area contributed by atoms with Gasteiger partial charge >= 0.3 is 0 Å². The maximum absolute atomic E-state index is 12.9. The molecule has 6 heteroatoms. The van der Waals surface area contributed by atoms with Gasteiger partial charge in [0.15, 0.2) is 0 Å². The summed E-state index contributed by atoms with van der Waals surface area (Å²) in [4.78, 5) is 25.9. The van der Waals surface area contributed by atoms with E-state index in [4.69, 9.17) is 4.74 Å². The minimum Gasteiger partial charge on any atom is -0.497 e. The Morgan fingerprint density at radius 2 is 1.78 bits per heavy atom. The van der Waals surface area contributed by atoms with Crippen LogP contribution in [-0.2, 0) is 16.1 Å². The van der Waals surface area contributed by atoms with E-state index >= 15 is 0 Å². The van der Waals surface area contributed by atoms with Crippen LogP contribution in [0.3, 0.4) is 0 Å². The number of benzene rings is 2. The third-order valence-corrected chi connectivity index (χ3v) is 3.98. The Bertz CT molecular complexity index is 801. The lowest BCUT2D eigenvalue weighted by molar-refractivity contribution is -0.134.